The second-order valence-corrected chi connectivity index (χ2v) is 8.20. The minimum atomic E-state index is 0.131. The van der Waals surface area contributed by atoms with Gasteiger partial charge in [-0.15, -0.1) is 0 Å². The zero-order valence-corrected chi connectivity index (χ0v) is 15.2. The predicted octanol–water partition coefficient (Wildman–Crippen LogP) is 3.34. The van der Waals surface area contributed by atoms with Gasteiger partial charge in [0, 0.05) is 26.2 Å². The van der Waals surface area contributed by atoms with Gasteiger partial charge in [0.15, 0.2) is 0 Å². The van der Waals surface area contributed by atoms with E-state index in [0.717, 1.165) is 6.54 Å². The molecule has 2 saturated heterocycles. The summed E-state index contributed by atoms with van der Waals surface area (Å²) in [6.45, 7) is 9.41. The van der Waals surface area contributed by atoms with Crippen LogP contribution in [0.5, 0.6) is 0 Å². The van der Waals surface area contributed by atoms with Crippen molar-refractivity contribution in [3.63, 3.8) is 0 Å². The Morgan fingerprint density at radius 1 is 0.917 bits per heavy atom. The Hall–Kier alpha value is -0.900. The van der Waals surface area contributed by atoms with Crippen LogP contribution < -0.4 is 0 Å². The first-order valence-corrected chi connectivity index (χ1v) is 9.90. The highest BCUT2D eigenvalue weighted by Crippen LogP contribution is 2.48. The van der Waals surface area contributed by atoms with Gasteiger partial charge in [0.25, 0.3) is 0 Å². The lowest BCUT2D eigenvalue weighted by Crippen LogP contribution is -2.57. The van der Waals surface area contributed by atoms with E-state index in [4.69, 9.17) is 4.74 Å². The fourth-order valence-electron chi connectivity index (χ4n) is 4.66. The number of hydrogen-bond acceptors (Lipinski definition) is 3. The zero-order valence-electron chi connectivity index (χ0n) is 15.2. The molecule has 1 aliphatic carbocycles. The molecule has 2 aliphatic heterocycles. The van der Waals surface area contributed by atoms with Crippen molar-refractivity contribution in [2.24, 2.45) is 0 Å². The number of likely N-dealkylation sites (N-methyl/N-ethyl adjacent to an activating group) is 1. The van der Waals surface area contributed by atoms with Crippen molar-refractivity contribution in [1.82, 2.24) is 9.80 Å². The van der Waals surface area contributed by atoms with Crippen molar-refractivity contribution < 1.29 is 4.74 Å². The summed E-state index contributed by atoms with van der Waals surface area (Å²) in [4.78, 5) is 5.31. The lowest BCUT2D eigenvalue weighted by atomic mass is 9.91. The van der Waals surface area contributed by atoms with Gasteiger partial charge in [-0.3, -0.25) is 4.90 Å². The van der Waals surface area contributed by atoms with Crippen LogP contribution in [0.4, 0.5) is 0 Å². The maximum absolute atomic E-state index is 6.77. The summed E-state index contributed by atoms with van der Waals surface area (Å²) >= 11 is 0. The molecule has 0 radical (unpaired) electrons. The van der Waals surface area contributed by atoms with E-state index >= 15 is 0 Å². The average molecular weight is 329 g/mol. The van der Waals surface area contributed by atoms with Crippen LogP contribution in [0.15, 0.2) is 30.3 Å². The number of benzene rings is 1. The lowest BCUT2D eigenvalue weighted by Gasteiger charge is -2.47. The molecule has 3 nitrogen and oxygen atoms in total. The second kappa shape index (κ2) is 6.78. The molecule has 132 valence electrons. The van der Waals surface area contributed by atoms with Crippen molar-refractivity contribution >= 4 is 0 Å². The number of hydrogen-bond donors (Lipinski definition) is 0. The standard InChI is InChI=1S/C21H32N2O/c1-2-22-17-20(24-21(18-22)11-12-21)10-6-14-23(16-13-20)15-9-19-7-4-3-5-8-19/h3-5,7-8H,2,6,9-18H2,1H3. The third-order valence-electron chi connectivity index (χ3n) is 6.26. The third kappa shape index (κ3) is 3.68. The van der Waals surface area contributed by atoms with E-state index in [1.807, 2.05) is 0 Å². The Morgan fingerprint density at radius 3 is 2.38 bits per heavy atom. The summed E-state index contributed by atoms with van der Waals surface area (Å²) < 4.78 is 6.77. The summed E-state index contributed by atoms with van der Waals surface area (Å²) in [5, 5.41) is 0. The molecule has 4 rings (SSSR count). The Balaban J connectivity index is 1.35. The van der Waals surface area contributed by atoms with Gasteiger partial charge in [-0.2, -0.15) is 0 Å². The molecule has 0 bridgehead atoms. The molecular weight excluding hydrogens is 296 g/mol. The van der Waals surface area contributed by atoms with Crippen molar-refractivity contribution in [3.8, 4) is 0 Å². The number of morpholine rings is 1. The molecule has 3 fully saturated rings. The number of rotatable bonds is 4. The first-order chi connectivity index (χ1) is 11.7. The van der Waals surface area contributed by atoms with Crippen LogP contribution in [0.1, 0.15) is 44.6 Å². The molecule has 1 aromatic carbocycles. The van der Waals surface area contributed by atoms with Crippen LogP contribution >= 0.6 is 0 Å². The normalized spacial score (nSPS) is 30.5. The van der Waals surface area contributed by atoms with E-state index in [-0.39, 0.29) is 11.2 Å². The van der Waals surface area contributed by atoms with Gasteiger partial charge >= 0.3 is 0 Å². The smallest absolute Gasteiger partial charge is 0.0829 e. The van der Waals surface area contributed by atoms with Crippen molar-refractivity contribution in [3.05, 3.63) is 35.9 Å². The molecular formula is C21H32N2O. The van der Waals surface area contributed by atoms with Crippen molar-refractivity contribution in [1.29, 1.82) is 0 Å². The SMILES string of the molecule is CCN1CC2(CCCN(CCc3ccccc3)CC2)OC2(CC2)C1. The van der Waals surface area contributed by atoms with Gasteiger partial charge in [-0.05, 0) is 57.2 Å². The monoisotopic (exact) mass is 328 g/mol. The topological polar surface area (TPSA) is 15.7 Å². The van der Waals surface area contributed by atoms with E-state index in [2.05, 4.69) is 47.1 Å². The van der Waals surface area contributed by atoms with Crippen LogP contribution in [0.25, 0.3) is 0 Å². The summed E-state index contributed by atoms with van der Waals surface area (Å²) in [6.07, 6.45) is 7.46. The number of ether oxygens (including phenoxy) is 1. The Morgan fingerprint density at radius 2 is 1.67 bits per heavy atom. The lowest BCUT2D eigenvalue weighted by molar-refractivity contribution is -0.173. The highest BCUT2D eigenvalue weighted by molar-refractivity contribution is 5.15. The quantitative estimate of drug-likeness (QED) is 0.843. The summed E-state index contributed by atoms with van der Waals surface area (Å²) in [6, 6.07) is 10.9. The van der Waals surface area contributed by atoms with Gasteiger partial charge in [0.05, 0.1) is 11.2 Å². The van der Waals surface area contributed by atoms with Crippen molar-refractivity contribution in [2.75, 3.05) is 39.3 Å². The molecule has 1 aromatic rings. The Labute approximate surface area is 147 Å². The highest BCUT2D eigenvalue weighted by atomic mass is 16.5. The number of likely N-dealkylation sites (tertiary alicyclic amines) is 1. The maximum atomic E-state index is 6.77. The van der Waals surface area contributed by atoms with Crippen LogP contribution in [-0.4, -0.2) is 60.3 Å². The molecule has 0 N–H and O–H groups in total. The summed E-state index contributed by atoms with van der Waals surface area (Å²) in [5.74, 6) is 0. The van der Waals surface area contributed by atoms with Gasteiger partial charge < -0.3 is 9.64 Å². The zero-order chi connectivity index (χ0) is 16.5. The van der Waals surface area contributed by atoms with E-state index in [0.29, 0.717) is 0 Å². The molecule has 0 amide bonds. The summed E-state index contributed by atoms with van der Waals surface area (Å²) in [7, 11) is 0. The molecule has 24 heavy (non-hydrogen) atoms. The molecule has 1 saturated carbocycles. The molecule has 1 unspecified atom stereocenters. The van der Waals surface area contributed by atoms with E-state index in [1.165, 1.54) is 76.8 Å². The van der Waals surface area contributed by atoms with Crippen LogP contribution in [0.2, 0.25) is 0 Å². The fraction of sp³-hybridized carbons (Fsp3) is 0.714. The second-order valence-electron chi connectivity index (χ2n) is 8.20. The minimum absolute atomic E-state index is 0.131. The first kappa shape index (κ1) is 16.6. The highest BCUT2D eigenvalue weighted by Gasteiger charge is 2.54. The molecule has 3 aliphatic rings. The van der Waals surface area contributed by atoms with Gasteiger partial charge in [-0.25, -0.2) is 0 Å². The third-order valence-corrected chi connectivity index (χ3v) is 6.26. The molecule has 2 heterocycles. The molecule has 0 aromatic heterocycles. The van der Waals surface area contributed by atoms with E-state index < -0.39 is 0 Å². The Bertz CT molecular complexity index is 542. The van der Waals surface area contributed by atoms with Crippen LogP contribution in [0.3, 0.4) is 0 Å². The minimum Gasteiger partial charge on any atom is -0.366 e. The van der Waals surface area contributed by atoms with E-state index in [9.17, 15) is 0 Å². The Kier molecular flexibility index (Phi) is 4.68. The summed E-state index contributed by atoms with van der Waals surface area (Å²) in [5.41, 5.74) is 1.82. The fourth-order valence-corrected chi connectivity index (χ4v) is 4.66. The van der Waals surface area contributed by atoms with E-state index in [1.54, 1.807) is 0 Å². The number of nitrogens with zero attached hydrogens (tertiary/aromatic N) is 2. The first-order valence-electron chi connectivity index (χ1n) is 9.90. The largest absolute Gasteiger partial charge is 0.366 e. The maximum Gasteiger partial charge on any atom is 0.0829 e. The van der Waals surface area contributed by atoms with Gasteiger partial charge in [-0.1, -0.05) is 37.3 Å². The molecule has 3 heteroatoms. The average Bonchev–Trinajstić information content (AvgIpc) is 3.38. The van der Waals surface area contributed by atoms with Crippen LogP contribution in [0, 0.1) is 0 Å². The predicted molar refractivity (Wildman–Crippen MR) is 98.3 cm³/mol. The molecule has 1 atom stereocenters. The van der Waals surface area contributed by atoms with Gasteiger partial charge in [0.1, 0.15) is 0 Å². The van der Waals surface area contributed by atoms with Gasteiger partial charge in [0.2, 0.25) is 0 Å². The van der Waals surface area contributed by atoms with Crippen LogP contribution in [-0.2, 0) is 11.2 Å². The van der Waals surface area contributed by atoms with Crippen molar-refractivity contribution in [2.45, 2.75) is 56.7 Å². The molecule has 2 spiro atoms.